The van der Waals surface area contributed by atoms with E-state index in [9.17, 15) is 4.79 Å². The van der Waals surface area contributed by atoms with Crippen LogP contribution < -0.4 is 0 Å². The van der Waals surface area contributed by atoms with Crippen molar-refractivity contribution in [1.29, 1.82) is 0 Å². The number of hydrogen-bond donors (Lipinski definition) is 0. The minimum atomic E-state index is -0.0426. The van der Waals surface area contributed by atoms with Gasteiger partial charge < -0.3 is 4.74 Å². The van der Waals surface area contributed by atoms with E-state index in [1.807, 2.05) is 13.8 Å². The number of hydrogen-bond acceptors (Lipinski definition) is 2. The normalized spacial score (nSPS) is 12.5. The van der Waals surface area contributed by atoms with E-state index < -0.39 is 0 Å². The summed E-state index contributed by atoms with van der Waals surface area (Å²) in [6.07, 6.45) is 5.87. The van der Waals surface area contributed by atoms with E-state index in [4.69, 9.17) is 4.74 Å². The summed E-state index contributed by atoms with van der Waals surface area (Å²) in [5.74, 6) is 0.0378. The highest BCUT2D eigenvalue weighted by atomic mass is 16.5. The van der Waals surface area contributed by atoms with E-state index in [0.29, 0.717) is 6.61 Å². The predicted molar refractivity (Wildman–Crippen MR) is 54.6 cm³/mol. The molecular formula is C11H22O2. The van der Waals surface area contributed by atoms with Gasteiger partial charge in [-0.3, -0.25) is 4.79 Å². The Bertz CT molecular complexity index is 132. The van der Waals surface area contributed by atoms with Gasteiger partial charge in [0, 0.05) is 0 Å². The van der Waals surface area contributed by atoms with Gasteiger partial charge >= 0.3 is 5.97 Å². The molecular weight excluding hydrogens is 164 g/mol. The van der Waals surface area contributed by atoms with Gasteiger partial charge in [-0.15, -0.1) is 0 Å². The van der Waals surface area contributed by atoms with Gasteiger partial charge in [-0.2, -0.15) is 0 Å². The molecule has 0 N–H and O–H groups in total. The number of ether oxygens (including phenoxy) is 1. The first-order chi connectivity index (χ1) is 6.22. The molecule has 0 fully saturated rings. The third-order valence-electron chi connectivity index (χ3n) is 2.18. The Morgan fingerprint density at radius 2 is 1.92 bits per heavy atom. The van der Waals surface area contributed by atoms with E-state index in [-0.39, 0.29) is 11.9 Å². The van der Waals surface area contributed by atoms with Crippen molar-refractivity contribution in [1.82, 2.24) is 0 Å². The smallest absolute Gasteiger partial charge is 0.308 e. The van der Waals surface area contributed by atoms with Gasteiger partial charge in [0.1, 0.15) is 0 Å². The van der Waals surface area contributed by atoms with Crippen molar-refractivity contribution in [2.45, 2.75) is 52.9 Å². The molecule has 0 rings (SSSR count). The Morgan fingerprint density at radius 1 is 1.23 bits per heavy atom. The van der Waals surface area contributed by atoms with Crippen LogP contribution in [0.15, 0.2) is 0 Å². The lowest BCUT2D eigenvalue weighted by atomic mass is 10.0. The molecule has 0 aromatic carbocycles. The fraction of sp³-hybridized carbons (Fsp3) is 0.909. The van der Waals surface area contributed by atoms with Crippen LogP contribution in [0.25, 0.3) is 0 Å². The van der Waals surface area contributed by atoms with Gasteiger partial charge in [0.2, 0.25) is 0 Å². The molecule has 0 aromatic rings. The van der Waals surface area contributed by atoms with Crippen LogP contribution in [0, 0.1) is 5.92 Å². The Kier molecular flexibility index (Phi) is 7.76. The summed E-state index contributed by atoms with van der Waals surface area (Å²) >= 11 is 0. The molecule has 0 unspecified atom stereocenters. The number of carbonyl (C=O) groups excluding carboxylic acids is 1. The van der Waals surface area contributed by atoms with Crippen molar-refractivity contribution in [3.05, 3.63) is 0 Å². The standard InChI is InChI=1S/C11H22O2/c1-4-6-7-8-9-10(3)11(12)13-5-2/h10H,4-9H2,1-3H3/t10-/m0/s1. The average molecular weight is 186 g/mol. The van der Waals surface area contributed by atoms with Gasteiger partial charge in [0.05, 0.1) is 12.5 Å². The molecule has 13 heavy (non-hydrogen) atoms. The quantitative estimate of drug-likeness (QED) is 0.451. The fourth-order valence-electron chi connectivity index (χ4n) is 1.28. The van der Waals surface area contributed by atoms with Crippen LogP contribution in [-0.2, 0) is 9.53 Å². The summed E-state index contributed by atoms with van der Waals surface area (Å²) in [6, 6.07) is 0. The SMILES string of the molecule is CCCCCC[C@H](C)C(=O)OCC. The molecule has 0 aliphatic carbocycles. The summed E-state index contributed by atoms with van der Waals surface area (Å²) in [6.45, 7) is 6.48. The Labute approximate surface area is 81.7 Å². The minimum absolute atomic E-state index is 0.0426. The molecule has 78 valence electrons. The number of unbranched alkanes of at least 4 members (excludes halogenated alkanes) is 3. The van der Waals surface area contributed by atoms with E-state index in [2.05, 4.69) is 6.92 Å². The van der Waals surface area contributed by atoms with Gasteiger partial charge in [-0.1, -0.05) is 39.5 Å². The predicted octanol–water partition coefficient (Wildman–Crippen LogP) is 3.16. The monoisotopic (exact) mass is 186 g/mol. The number of esters is 1. The largest absolute Gasteiger partial charge is 0.466 e. The Morgan fingerprint density at radius 3 is 2.46 bits per heavy atom. The molecule has 2 heteroatoms. The highest BCUT2D eigenvalue weighted by molar-refractivity contribution is 5.71. The second-order valence-electron chi connectivity index (χ2n) is 3.50. The topological polar surface area (TPSA) is 26.3 Å². The lowest BCUT2D eigenvalue weighted by Gasteiger charge is -2.09. The molecule has 0 saturated heterocycles. The van der Waals surface area contributed by atoms with Crippen LogP contribution in [0.3, 0.4) is 0 Å². The van der Waals surface area contributed by atoms with Crippen LogP contribution in [0.5, 0.6) is 0 Å². The van der Waals surface area contributed by atoms with Gasteiger partial charge in [-0.05, 0) is 13.3 Å². The molecule has 0 saturated carbocycles. The van der Waals surface area contributed by atoms with Crippen LogP contribution in [0.4, 0.5) is 0 Å². The van der Waals surface area contributed by atoms with Crippen molar-refractivity contribution in [2.24, 2.45) is 5.92 Å². The zero-order chi connectivity index (χ0) is 10.1. The van der Waals surface area contributed by atoms with Crippen LogP contribution in [0.1, 0.15) is 52.9 Å². The zero-order valence-electron chi connectivity index (χ0n) is 9.14. The molecule has 1 atom stereocenters. The summed E-state index contributed by atoms with van der Waals surface area (Å²) in [7, 11) is 0. The van der Waals surface area contributed by atoms with Crippen LogP contribution in [-0.4, -0.2) is 12.6 Å². The van der Waals surface area contributed by atoms with E-state index >= 15 is 0 Å². The second-order valence-corrected chi connectivity index (χ2v) is 3.50. The molecule has 0 aromatic heterocycles. The van der Waals surface area contributed by atoms with Gasteiger partial charge in [0.15, 0.2) is 0 Å². The van der Waals surface area contributed by atoms with E-state index in [0.717, 1.165) is 12.8 Å². The summed E-state index contributed by atoms with van der Waals surface area (Å²) in [5.41, 5.74) is 0. The van der Waals surface area contributed by atoms with Crippen molar-refractivity contribution in [3.8, 4) is 0 Å². The first-order valence-corrected chi connectivity index (χ1v) is 5.39. The maximum atomic E-state index is 11.2. The van der Waals surface area contributed by atoms with Crippen molar-refractivity contribution in [2.75, 3.05) is 6.61 Å². The lowest BCUT2D eigenvalue weighted by molar-refractivity contribution is -0.147. The van der Waals surface area contributed by atoms with E-state index in [1.54, 1.807) is 0 Å². The van der Waals surface area contributed by atoms with E-state index in [1.165, 1.54) is 19.3 Å². The number of rotatable bonds is 7. The highest BCUT2D eigenvalue weighted by Gasteiger charge is 2.12. The summed E-state index contributed by atoms with van der Waals surface area (Å²) in [5, 5.41) is 0. The number of carbonyl (C=O) groups is 1. The van der Waals surface area contributed by atoms with Gasteiger partial charge in [-0.25, -0.2) is 0 Å². The molecule has 0 aliphatic heterocycles. The maximum Gasteiger partial charge on any atom is 0.308 e. The first-order valence-electron chi connectivity index (χ1n) is 5.39. The van der Waals surface area contributed by atoms with Crippen LogP contribution >= 0.6 is 0 Å². The fourth-order valence-corrected chi connectivity index (χ4v) is 1.28. The molecule has 0 radical (unpaired) electrons. The maximum absolute atomic E-state index is 11.2. The molecule has 0 amide bonds. The summed E-state index contributed by atoms with van der Waals surface area (Å²) < 4.78 is 4.92. The second kappa shape index (κ2) is 8.09. The van der Waals surface area contributed by atoms with Crippen molar-refractivity contribution >= 4 is 5.97 Å². The molecule has 0 bridgehead atoms. The Hall–Kier alpha value is -0.530. The minimum Gasteiger partial charge on any atom is -0.466 e. The molecule has 0 spiro atoms. The third-order valence-corrected chi connectivity index (χ3v) is 2.18. The lowest BCUT2D eigenvalue weighted by Crippen LogP contribution is -2.14. The summed E-state index contributed by atoms with van der Waals surface area (Å²) in [4.78, 5) is 11.2. The van der Waals surface area contributed by atoms with Crippen LogP contribution in [0.2, 0.25) is 0 Å². The highest BCUT2D eigenvalue weighted by Crippen LogP contribution is 2.11. The Balaban J connectivity index is 3.38. The molecule has 2 nitrogen and oxygen atoms in total. The zero-order valence-corrected chi connectivity index (χ0v) is 9.14. The molecule has 0 heterocycles. The van der Waals surface area contributed by atoms with Crippen molar-refractivity contribution in [3.63, 3.8) is 0 Å². The van der Waals surface area contributed by atoms with Crippen molar-refractivity contribution < 1.29 is 9.53 Å². The average Bonchev–Trinajstić information content (AvgIpc) is 2.12. The van der Waals surface area contributed by atoms with Gasteiger partial charge in [0.25, 0.3) is 0 Å². The molecule has 0 aliphatic rings. The third kappa shape index (κ3) is 6.62. The first kappa shape index (κ1) is 12.5.